The zero-order valence-electron chi connectivity index (χ0n) is 16.1. The summed E-state index contributed by atoms with van der Waals surface area (Å²) in [6.07, 6.45) is 2.14. The van der Waals surface area contributed by atoms with E-state index in [1.807, 2.05) is 13.0 Å². The van der Waals surface area contributed by atoms with E-state index in [0.29, 0.717) is 33.6 Å². The van der Waals surface area contributed by atoms with Crippen LogP contribution in [0.3, 0.4) is 0 Å². The molecule has 0 spiro atoms. The SMILES string of the molecule is CCC(C)N1C(=O)C(C#N)=C(C)/C(=C\c2ccc(-c3ccc(Cl)c(Cl)c3)o2)C1=O. The van der Waals surface area contributed by atoms with E-state index in [2.05, 4.69) is 0 Å². The van der Waals surface area contributed by atoms with E-state index in [4.69, 9.17) is 27.6 Å². The van der Waals surface area contributed by atoms with Crippen LogP contribution in [0, 0.1) is 11.3 Å². The molecule has 1 aromatic carbocycles. The van der Waals surface area contributed by atoms with E-state index in [-0.39, 0.29) is 17.2 Å². The summed E-state index contributed by atoms with van der Waals surface area (Å²) >= 11 is 12.0. The molecule has 2 aromatic rings. The molecule has 1 atom stereocenters. The van der Waals surface area contributed by atoms with Gasteiger partial charge in [0.15, 0.2) is 0 Å². The number of benzene rings is 1. The van der Waals surface area contributed by atoms with E-state index in [0.717, 1.165) is 10.5 Å². The van der Waals surface area contributed by atoms with Crippen molar-refractivity contribution in [3.8, 4) is 17.4 Å². The second-order valence-electron chi connectivity index (χ2n) is 6.74. The number of imide groups is 1. The van der Waals surface area contributed by atoms with E-state index in [1.54, 1.807) is 50.3 Å². The van der Waals surface area contributed by atoms with Crippen LogP contribution >= 0.6 is 23.2 Å². The normalized spacial score (nSPS) is 17.1. The number of amides is 2. The van der Waals surface area contributed by atoms with Gasteiger partial charge in [-0.05, 0) is 62.2 Å². The van der Waals surface area contributed by atoms with Gasteiger partial charge in [-0.25, -0.2) is 0 Å². The molecule has 2 heterocycles. The predicted octanol–water partition coefficient (Wildman–Crippen LogP) is 5.64. The van der Waals surface area contributed by atoms with Crippen molar-refractivity contribution in [1.29, 1.82) is 5.26 Å². The maximum absolute atomic E-state index is 13.0. The Balaban J connectivity index is 2.04. The lowest BCUT2D eigenvalue weighted by Crippen LogP contribution is -2.47. The van der Waals surface area contributed by atoms with Crippen LogP contribution in [0.2, 0.25) is 10.0 Å². The molecule has 1 aromatic heterocycles. The summed E-state index contributed by atoms with van der Waals surface area (Å²) in [5.41, 5.74) is 1.30. The standard InChI is InChI=1S/C22H18Cl2N2O3/c1-4-12(2)26-21(27)16(13(3)17(11-25)22(26)28)10-15-6-8-20(29-15)14-5-7-18(23)19(24)9-14/h5-10,12H,4H2,1-3H3/b16-10+. The first-order valence-electron chi connectivity index (χ1n) is 9.04. The fourth-order valence-electron chi connectivity index (χ4n) is 3.06. The Hall–Kier alpha value is -2.81. The lowest BCUT2D eigenvalue weighted by atomic mass is 9.93. The first kappa shape index (κ1) is 20.9. The van der Waals surface area contributed by atoms with Crippen LogP contribution in [0.4, 0.5) is 0 Å². The molecule has 0 bridgehead atoms. The van der Waals surface area contributed by atoms with E-state index in [1.165, 1.54) is 0 Å². The summed E-state index contributed by atoms with van der Waals surface area (Å²) in [6, 6.07) is 10.2. The van der Waals surface area contributed by atoms with Gasteiger partial charge in [-0.2, -0.15) is 5.26 Å². The molecule has 0 aliphatic carbocycles. The molecule has 148 valence electrons. The second-order valence-corrected chi connectivity index (χ2v) is 7.55. The van der Waals surface area contributed by atoms with Crippen LogP contribution in [0.5, 0.6) is 0 Å². The van der Waals surface area contributed by atoms with Crippen molar-refractivity contribution in [3.05, 3.63) is 62.9 Å². The molecule has 0 saturated carbocycles. The fourth-order valence-corrected chi connectivity index (χ4v) is 3.36. The van der Waals surface area contributed by atoms with Crippen molar-refractivity contribution >= 4 is 41.1 Å². The first-order valence-corrected chi connectivity index (χ1v) is 9.80. The maximum Gasteiger partial charge on any atom is 0.271 e. The molecule has 0 fully saturated rings. The number of furan rings is 1. The van der Waals surface area contributed by atoms with Crippen molar-refractivity contribution < 1.29 is 14.0 Å². The number of carbonyl (C=O) groups is 2. The van der Waals surface area contributed by atoms with Crippen molar-refractivity contribution in [2.75, 3.05) is 0 Å². The maximum atomic E-state index is 13.0. The quantitative estimate of drug-likeness (QED) is 0.465. The van der Waals surface area contributed by atoms with Crippen LogP contribution in [-0.2, 0) is 9.59 Å². The zero-order chi connectivity index (χ0) is 21.3. The minimum absolute atomic E-state index is 0.0348. The minimum atomic E-state index is -0.558. The van der Waals surface area contributed by atoms with Gasteiger partial charge in [0.05, 0.1) is 10.0 Å². The van der Waals surface area contributed by atoms with Gasteiger partial charge in [-0.15, -0.1) is 0 Å². The number of hydrogen-bond donors (Lipinski definition) is 0. The van der Waals surface area contributed by atoms with Crippen LogP contribution < -0.4 is 0 Å². The van der Waals surface area contributed by atoms with E-state index < -0.39 is 11.8 Å². The molecule has 1 aliphatic heterocycles. The Kier molecular flexibility index (Phi) is 5.97. The Morgan fingerprint density at radius 3 is 2.52 bits per heavy atom. The lowest BCUT2D eigenvalue weighted by Gasteiger charge is -2.31. The van der Waals surface area contributed by atoms with Gasteiger partial charge < -0.3 is 4.42 Å². The molecule has 5 nitrogen and oxygen atoms in total. The van der Waals surface area contributed by atoms with Crippen molar-refractivity contribution in [1.82, 2.24) is 4.90 Å². The molecule has 0 radical (unpaired) electrons. The van der Waals surface area contributed by atoms with Crippen LogP contribution in [-0.4, -0.2) is 22.8 Å². The van der Waals surface area contributed by atoms with Gasteiger partial charge in [0.2, 0.25) is 0 Å². The van der Waals surface area contributed by atoms with Gasteiger partial charge in [0.25, 0.3) is 11.8 Å². The molecule has 1 aliphatic rings. The van der Waals surface area contributed by atoms with Crippen molar-refractivity contribution in [3.63, 3.8) is 0 Å². The largest absolute Gasteiger partial charge is 0.457 e. The number of nitriles is 1. The number of rotatable bonds is 4. The Bertz CT molecular complexity index is 1110. The summed E-state index contributed by atoms with van der Waals surface area (Å²) in [6.45, 7) is 5.25. The summed E-state index contributed by atoms with van der Waals surface area (Å²) in [5.74, 6) is -0.0223. The van der Waals surface area contributed by atoms with Crippen molar-refractivity contribution in [2.45, 2.75) is 33.2 Å². The third-order valence-corrected chi connectivity index (χ3v) is 5.66. The van der Waals surface area contributed by atoms with Crippen LogP contribution in [0.1, 0.15) is 33.0 Å². The van der Waals surface area contributed by atoms with Gasteiger partial charge in [-0.3, -0.25) is 14.5 Å². The molecule has 0 N–H and O–H groups in total. The molecule has 2 amide bonds. The molecule has 29 heavy (non-hydrogen) atoms. The zero-order valence-corrected chi connectivity index (χ0v) is 17.6. The molecular weight excluding hydrogens is 411 g/mol. The summed E-state index contributed by atoms with van der Waals surface area (Å²) in [5, 5.41) is 10.3. The Morgan fingerprint density at radius 2 is 1.90 bits per heavy atom. The third-order valence-electron chi connectivity index (χ3n) is 4.92. The average Bonchev–Trinajstić information content (AvgIpc) is 3.16. The molecule has 1 unspecified atom stereocenters. The first-order chi connectivity index (χ1) is 13.8. The molecule has 7 heteroatoms. The Labute approximate surface area is 178 Å². The van der Waals surface area contributed by atoms with Gasteiger partial charge >= 0.3 is 0 Å². The summed E-state index contributed by atoms with van der Waals surface area (Å²) in [7, 11) is 0. The van der Waals surface area contributed by atoms with Crippen molar-refractivity contribution in [2.24, 2.45) is 0 Å². The topological polar surface area (TPSA) is 74.3 Å². The van der Waals surface area contributed by atoms with Crippen LogP contribution in [0.25, 0.3) is 17.4 Å². The Morgan fingerprint density at radius 1 is 1.17 bits per heavy atom. The number of halogens is 2. The highest BCUT2D eigenvalue weighted by molar-refractivity contribution is 6.42. The molecular formula is C22H18Cl2N2O3. The minimum Gasteiger partial charge on any atom is -0.457 e. The van der Waals surface area contributed by atoms with Gasteiger partial charge in [0, 0.05) is 17.2 Å². The average molecular weight is 429 g/mol. The second kappa shape index (κ2) is 8.28. The summed E-state index contributed by atoms with van der Waals surface area (Å²) in [4.78, 5) is 26.7. The number of hydrogen-bond acceptors (Lipinski definition) is 4. The molecule has 0 saturated heterocycles. The van der Waals surface area contributed by atoms with Gasteiger partial charge in [0.1, 0.15) is 23.2 Å². The highest BCUT2D eigenvalue weighted by atomic mass is 35.5. The predicted molar refractivity (Wildman–Crippen MR) is 112 cm³/mol. The monoisotopic (exact) mass is 428 g/mol. The van der Waals surface area contributed by atoms with Gasteiger partial charge in [-0.1, -0.05) is 30.1 Å². The fraction of sp³-hybridized carbons (Fsp3) is 0.227. The summed E-state index contributed by atoms with van der Waals surface area (Å²) < 4.78 is 5.84. The number of carbonyl (C=O) groups excluding carboxylic acids is 2. The highest BCUT2D eigenvalue weighted by Crippen LogP contribution is 2.32. The lowest BCUT2D eigenvalue weighted by molar-refractivity contribution is -0.142. The van der Waals surface area contributed by atoms with E-state index in [9.17, 15) is 14.9 Å². The highest BCUT2D eigenvalue weighted by Gasteiger charge is 2.37. The third kappa shape index (κ3) is 3.87. The molecule has 3 rings (SSSR count). The smallest absolute Gasteiger partial charge is 0.271 e. The van der Waals surface area contributed by atoms with E-state index >= 15 is 0 Å². The number of nitrogens with zero attached hydrogens (tertiary/aromatic N) is 2. The van der Waals surface area contributed by atoms with Crippen LogP contribution in [0.15, 0.2) is 51.5 Å².